The van der Waals surface area contributed by atoms with Gasteiger partial charge in [0.2, 0.25) is 0 Å². The first kappa shape index (κ1) is 36.3. The molecular formula is C54H53N. The molecule has 0 bridgehead atoms. The van der Waals surface area contributed by atoms with Crippen molar-refractivity contribution in [2.75, 3.05) is 4.90 Å². The Morgan fingerprint density at radius 3 is 1.40 bits per heavy atom. The highest BCUT2D eigenvalue weighted by atomic mass is 15.1. The van der Waals surface area contributed by atoms with E-state index in [0.717, 1.165) is 17.1 Å². The molecule has 8 rings (SSSR count). The topological polar surface area (TPSA) is 3.24 Å². The molecule has 1 nitrogen and oxygen atoms in total. The number of aryl methyl sites for hydroxylation is 1. The Kier molecular flexibility index (Phi) is 8.96. The molecule has 7 aromatic carbocycles. The van der Waals surface area contributed by atoms with E-state index in [2.05, 4.69) is 225 Å². The Morgan fingerprint density at radius 2 is 0.855 bits per heavy atom. The summed E-state index contributed by atoms with van der Waals surface area (Å²) in [7, 11) is 0. The van der Waals surface area contributed by atoms with E-state index in [1.54, 1.807) is 0 Å². The summed E-state index contributed by atoms with van der Waals surface area (Å²) in [4.78, 5) is 2.40. The van der Waals surface area contributed by atoms with Crippen molar-refractivity contribution >= 4 is 17.1 Å². The Hall–Kier alpha value is -5.66. The van der Waals surface area contributed by atoms with Crippen LogP contribution in [-0.4, -0.2) is 0 Å². The van der Waals surface area contributed by atoms with Crippen molar-refractivity contribution in [1.82, 2.24) is 0 Å². The van der Waals surface area contributed by atoms with Gasteiger partial charge in [-0.1, -0.05) is 182 Å². The Morgan fingerprint density at radius 1 is 0.382 bits per heavy atom. The summed E-state index contributed by atoms with van der Waals surface area (Å²) in [6.07, 6.45) is 0. The van der Waals surface area contributed by atoms with Gasteiger partial charge < -0.3 is 4.90 Å². The normalized spacial score (nSPS) is 13.3. The number of rotatable bonds is 6. The second-order valence-electron chi connectivity index (χ2n) is 18.1. The molecule has 0 spiro atoms. The molecule has 0 aromatic heterocycles. The Labute approximate surface area is 329 Å². The van der Waals surface area contributed by atoms with E-state index < -0.39 is 0 Å². The monoisotopic (exact) mass is 715 g/mol. The van der Waals surface area contributed by atoms with E-state index in [1.165, 1.54) is 72.3 Å². The maximum absolute atomic E-state index is 2.41. The summed E-state index contributed by atoms with van der Waals surface area (Å²) in [5.74, 6) is 0. The van der Waals surface area contributed by atoms with Gasteiger partial charge >= 0.3 is 0 Å². The van der Waals surface area contributed by atoms with Crippen molar-refractivity contribution in [3.05, 3.63) is 186 Å². The van der Waals surface area contributed by atoms with E-state index in [9.17, 15) is 0 Å². The zero-order valence-corrected chi connectivity index (χ0v) is 34.0. The molecule has 7 aromatic rings. The lowest BCUT2D eigenvalue weighted by Gasteiger charge is -2.28. The van der Waals surface area contributed by atoms with E-state index in [-0.39, 0.29) is 16.2 Å². The van der Waals surface area contributed by atoms with Gasteiger partial charge in [-0.3, -0.25) is 0 Å². The van der Waals surface area contributed by atoms with Crippen LogP contribution in [0.1, 0.15) is 83.2 Å². The fourth-order valence-corrected chi connectivity index (χ4v) is 8.22. The van der Waals surface area contributed by atoms with Crippen LogP contribution in [0.4, 0.5) is 17.1 Å². The largest absolute Gasteiger partial charge is 0.310 e. The molecule has 0 radical (unpaired) electrons. The van der Waals surface area contributed by atoms with E-state index in [1.807, 2.05) is 0 Å². The molecule has 0 unspecified atom stereocenters. The van der Waals surface area contributed by atoms with E-state index in [4.69, 9.17) is 0 Å². The number of hydrogen-bond acceptors (Lipinski definition) is 1. The third-order valence-corrected chi connectivity index (χ3v) is 11.6. The predicted octanol–water partition coefficient (Wildman–Crippen LogP) is 15.4. The zero-order chi connectivity index (χ0) is 38.7. The van der Waals surface area contributed by atoms with Crippen LogP contribution in [0, 0.1) is 6.92 Å². The highest BCUT2D eigenvalue weighted by Gasteiger charge is 2.35. The average Bonchev–Trinajstić information content (AvgIpc) is 3.40. The van der Waals surface area contributed by atoms with E-state index in [0.29, 0.717) is 0 Å². The lowest BCUT2D eigenvalue weighted by atomic mass is 9.79. The van der Waals surface area contributed by atoms with Crippen LogP contribution in [0.5, 0.6) is 0 Å². The number of nitrogens with zero attached hydrogens (tertiary/aromatic N) is 1. The highest BCUT2D eigenvalue weighted by Crippen LogP contribution is 2.50. The molecule has 0 saturated carbocycles. The minimum absolute atomic E-state index is 0.0790. The molecule has 274 valence electrons. The molecule has 1 heteroatoms. The lowest BCUT2D eigenvalue weighted by Crippen LogP contribution is -2.16. The van der Waals surface area contributed by atoms with Gasteiger partial charge in [0.05, 0.1) is 0 Å². The molecule has 0 atom stereocenters. The van der Waals surface area contributed by atoms with Gasteiger partial charge in [-0.2, -0.15) is 0 Å². The van der Waals surface area contributed by atoms with Crippen LogP contribution >= 0.6 is 0 Å². The number of fused-ring (bicyclic) bond motifs is 3. The van der Waals surface area contributed by atoms with Crippen LogP contribution in [0.15, 0.2) is 158 Å². The second-order valence-corrected chi connectivity index (χ2v) is 18.1. The molecule has 1 aliphatic carbocycles. The van der Waals surface area contributed by atoms with Gasteiger partial charge in [0.25, 0.3) is 0 Å². The summed E-state index contributed by atoms with van der Waals surface area (Å²) in [6, 6.07) is 59.0. The summed E-state index contributed by atoms with van der Waals surface area (Å²) in [5.41, 5.74) is 20.4. The summed E-state index contributed by atoms with van der Waals surface area (Å²) in [6.45, 7) is 20.7. The van der Waals surface area contributed by atoms with Gasteiger partial charge in [0.15, 0.2) is 0 Å². The van der Waals surface area contributed by atoms with Gasteiger partial charge in [-0.25, -0.2) is 0 Å². The average molecular weight is 716 g/mol. The maximum atomic E-state index is 2.41. The number of benzene rings is 7. The van der Waals surface area contributed by atoms with Crippen molar-refractivity contribution in [2.24, 2.45) is 0 Å². The number of anilines is 3. The maximum Gasteiger partial charge on any atom is 0.0465 e. The van der Waals surface area contributed by atoms with Crippen molar-refractivity contribution in [3.63, 3.8) is 0 Å². The van der Waals surface area contributed by atoms with Crippen molar-refractivity contribution in [3.8, 4) is 44.5 Å². The fraction of sp³-hybridized carbons (Fsp3) is 0.222. The SMILES string of the molecule is Cc1cccc(-c2ccc(N(c3ccc(-c4ccc(-c5cc(C(C)(C)C)cc(C(C)(C)C)c5)cc4)cc3)c3ccc4c(c3)C(C)(C)c3ccccc3-4)cc2)c1. The first-order valence-corrected chi connectivity index (χ1v) is 19.8. The smallest absolute Gasteiger partial charge is 0.0465 e. The van der Waals surface area contributed by atoms with Gasteiger partial charge in [0.1, 0.15) is 0 Å². The first-order valence-electron chi connectivity index (χ1n) is 19.8. The van der Waals surface area contributed by atoms with Crippen LogP contribution in [-0.2, 0) is 16.2 Å². The first-order chi connectivity index (χ1) is 26.2. The second kappa shape index (κ2) is 13.6. The van der Waals surface area contributed by atoms with Gasteiger partial charge in [0, 0.05) is 22.5 Å². The van der Waals surface area contributed by atoms with Crippen LogP contribution in [0.2, 0.25) is 0 Å². The zero-order valence-electron chi connectivity index (χ0n) is 34.0. The number of hydrogen-bond donors (Lipinski definition) is 0. The molecule has 0 aliphatic heterocycles. The Balaban J connectivity index is 1.15. The summed E-state index contributed by atoms with van der Waals surface area (Å²) < 4.78 is 0. The summed E-state index contributed by atoms with van der Waals surface area (Å²) >= 11 is 0. The molecule has 0 saturated heterocycles. The lowest BCUT2D eigenvalue weighted by molar-refractivity contribution is 0.569. The minimum Gasteiger partial charge on any atom is -0.310 e. The molecule has 0 N–H and O–H groups in total. The van der Waals surface area contributed by atoms with Crippen LogP contribution < -0.4 is 4.90 Å². The summed E-state index contributed by atoms with van der Waals surface area (Å²) in [5, 5.41) is 0. The molecule has 0 amide bonds. The molecule has 0 fully saturated rings. The van der Waals surface area contributed by atoms with Crippen molar-refractivity contribution in [2.45, 2.75) is 78.6 Å². The van der Waals surface area contributed by atoms with Crippen molar-refractivity contribution in [1.29, 1.82) is 0 Å². The van der Waals surface area contributed by atoms with E-state index >= 15 is 0 Å². The standard InChI is InChI=1S/C54H53N/c1-36-13-12-14-41(31-36)39-23-27-46(28-24-39)55(47-29-30-49-48-15-10-11-16-50(48)54(8,9)51(49)35-47)45-25-21-38(22-26-45)37-17-19-40(20-18-37)42-32-43(52(2,3)4)34-44(33-42)53(5,6)7/h10-35H,1-9H3. The molecule has 55 heavy (non-hydrogen) atoms. The van der Waals surface area contributed by atoms with Gasteiger partial charge in [-0.15, -0.1) is 0 Å². The van der Waals surface area contributed by atoms with Crippen molar-refractivity contribution < 1.29 is 0 Å². The van der Waals surface area contributed by atoms with Crippen LogP contribution in [0.25, 0.3) is 44.5 Å². The predicted molar refractivity (Wildman–Crippen MR) is 237 cm³/mol. The molecule has 1 aliphatic rings. The quantitative estimate of drug-likeness (QED) is 0.166. The minimum atomic E-state index is -0.0823. The van der Waals surface area contributed by atoms with Gasteiger partial charge in [-0.05, 0) is 121 Å². The third kappa shape index (κ3) is 6.94. The third-order valence-electron chi connectivity index (χ3n) is 11.6. The highest BCUT2D eigenvalue weighted by molar-refractivity contribution is 5.86. The van der Waals surface area contributed by atoms with Crippen LogP contribution in [0.3, 0.4) is 0 Å². The Bertz CT molecular complexity index is 2470. The fourth-order valence-electron chi connectivity index (χ4n) is 8.22. The molecular weight excluding hydrogens is 663 g/mol. The molecule has 0 heterocycles.